The van der Waals surface area contributed by atoms with Crippen molar-refractivity contribution >= 4 is 39.3 Å². The van der Waals surface area contributed by atoms with E-state index in [0.717, 1.165) is 51.9 Å². The first kappa shape index (κ1) is 31.6. The van der Waals surface area contributed by atoms with Crippen molar-refractivity contribution in [2.75, 3.05) is 39.3 Å². The lowest BCUT2D eigenvalue weighted by Gasteiger charge is -2.32. The van der Waals surface area contributed by atoms with Gasteiger partial charge in [-0.15, -0.1) is 0 Å². The third-order valence-electron chi connectivity index (χ3n) is 11.1. The number of ether oxygens (including phenoxy) is 1. The van der Waals surface area contributed by atoms with Crippen LogP contribution in [0.3, 0.4) is 0 Å². The zero-order valence-corrected chi connectivity index (χ0v) is 27.4. The number of aromatic nitrogens is 5. The number of hydrogen-bond acceptors (Lipinski definition) is 8. The van der Waals surface area contributed by atoms with Crippen molar-refractivity contribution in [3.63, 3.8) is 0 Å². The molecule has 4 saturated heterocycles. The van der Waals surface area contributed by atoms with E-state index in [4.69, 9.17) is 16.3 Å². The Hall–Kier alpha value is -3.68. The van der Waals surface area contributed by atoms with Crippen molar-refractivity contribution in [1.82, 2.24) is 40.3 Å². The van der Waals surface area contributed by atoms with E-state index in [-0.39, 0.29) is 41.2 Å². The van der Waals surface area contributed by atoms with Gasteiger partial charge in [0.25, 0.3) is 11.6 Å². The molecule has 0 spiro atoms. The van der Waals surface area contributed by atoms with E-state index in [0.29, 0.717) is 71.6 Å². The molecule has 14 heteroatoms. The van der Waals surface area contributed by atoms with Gasteiger partial charge in [-0.3, -0.25) is 29.6 Å². The smallest absolute Gasteiger partial charge is 0.297 e. The predicted octanol–water partition coefficient (Wildman–Crippen LogP) is 4.53. The highest BCUT2D eigenvalue weighted by molar-refractivity contribution is 6.33. The molecule has 3 N–H and O–H groups in total. The first-order valence-electron chi connectivity index (χ1n) is 17.1. The topological polar surface area (TPSA) is 132 Å². The van der Waals surface area contributed by atoms with Gasteiger partial charge >= 0.3 is 0 Å². The maximum atomic E-state index is 16.5. The maximum absolute atomic E-state index is 16.5. The molecule has 4 aliphatic heterocycles. The molecule has 4 atom stereocenters. The molecule has 1 amide bonds. The Morgan fingerprint density at radius 1 is 1.19 bits per heavy atom. The number of fused-ring (bicyclic) bond motifs is 4. The molecule has 8 rings (SSSR count). The second-order valence-electron chi connectivity index (χ2n) is 13.9. The summed E-state index contributed by atoms with van der Waals surface area (Å²) in [7, 11) is 0. The fourth-order valence-corrected chi connectivity index (χ4v) is 8.95. The minimum absolute atomic E-state index is 0.00365. The molecule has 0 aliphatic carbocycles. The molecule has 11 nitrogen and oxygen atoms in total. The Kier molecular flexibility index (Phi) is 8.32. The van der Waals surface area contributed by atoms with Crippen molar-refractivity contribution in [2.24, 2.45) is 5.92 Å². The summed E-state index contributed by atoms with van der Waals surface area (Å²) in [4.78, 5) is 41.7. The summed E-state index contributed by atoms with van der Waals surface area (Å²) in [6, 6.07) is 1.93. The van der Waals surface area contributed by atoms with Gasteiger partial charge in [-0.2, -0.15) is 10.1 Å². The molecule has 48 heavy (non-hydrogen) atoms. The number of benzene rings is 1. The number of likely N-dealkylation sites (tertiary alicyclic amines) is 1. The molecule has 1 aromatic carbocycles. The van der Waals surface area contributed by atoms with E-state index in [1.807, 2.05) is 4.90 Å². The standard InChI is InChI=1S/C34H39ClF2N8O3/c35-24-12-25-22(15-40-43-25)28(21(24)4-1-2-5-27(46)45-11-7-19-6-9-38-16-26(19)45)31-29(37)30-23(14-39-31)32(47)42-33(41-30)48-18-34-8-3-10-44(34)17-20(36)13-34/h12,14-15,19-20,26,38H,1-11,13,16-18H2,(H,40,43)(H,41,42,47)/t19-,20-,26-,34+/m1/s1. The first-order valence-corrected chi connectivity index (χ1v) is 17.4. The van der Waals surface area contributed by atoms with Gasteiger partial charge in [0.1, 0.15) is 24.0 Å². The summed E-state index contributed by atoms with van der Waals surface area (Å²) in [6.45, 7) is 4.00. The van der Waals surface area contributed by atoms with Crippen LogP contribution < -0.4 is 15.6 Å². The van der Waals surface area contributed by atoms with Gasteiger partial charge in [-0.1, -0.05) is 11.6 Å². The molecule has 0 bridgehead atoms. The number of nitrogens with zero attached hydrogens (tertiary/aromatic N) is 5. The van der Waals surface area contributed by atoms with Crippen LogP contribution in [0, 0.1) is 11.7 Å². The van der Waals surface area contributed by atoms with E-state index in [9.17, 15) is 14.0 Å². The number of alkyl halides is 1. The fourth-order valence-electron chi connectivity index (χ4n) is 8.66. The molecule has 0 unspecified atom stereocenters. The minimum Gasteiger partial charge on any atom is -0.463 e. The summed E-state index contributed by atoms with van der Waals surface area (Å²) in [5, 5.41) is 11.5. The number of unbranched alkanes of at least 4 members (excludes halogenated alkanes) is 1. The molecule has 0 saturated carbocycles. The van der Waals surface area contributed by atoms with Crippen molar-refractivity contribution in [3.8, 4) is 17.3 Å². The quantitative estimate of drug-likeness (QED) is 0.220. The van der Waals surface area contributed by atoms with Crippen LogP contribution in [0.15, 0.2) is 23.3 Å². The Morgan fingerprint density at radius 3 is 2.98 bits per heavy atom. The lowest BCUT2D eigenvalue weighted by atomic mass is 9.93. The van der Waals surface area contributed by atoms with Gasteiger partial charge in [0, 0.05) is 60.7 Å². The average Bonchev–Trinajstić information content (AvgIpc) is 3.86. The average molecular weight is 681 g/mol. The second-order valence-corrected chi connectivity index (χ2v) is 14.3. The largest absolute Gasteiger partial charge is 0.463 e. The molecule has 4 aromatic rings. The summed E-state index contributed by atoms with van der Waals surface area (Å²) < 4.78 is 36.8. The lowest BCUT2D eigenvalue weighted by molar-refractivity contribution is -0.132. The van der Waals surface area contributed by atoms with Gasteiger partial charge < -0.3 is 15.0 Å². The number of piperidine rings is 1. The number of carbonyl (C=O) groups excluding carboxylic acids is 1. The lowest BCUT2D eigenvalue weighted by Crippen LogP contribution is -2.47. The van der Waals surface area contributed by atoms with Crippen LogP contribution >= 0.6 is 11.6 Å². The Bertz CT molecular complexity index is 1940. The van der Waals surface area contributed by atoms with Crippen LogP contribution in [0.4, 0.5) is 8.78 Å². The maximum Gasteiger partial charge on any atom is 0.297 e. The number of hydrogen-bond donors (Lipinski definition) is 3. The van der Waals surface area contributed by atoms with Crippen molar-refractivity contribution in [2.45, 2.75) is 75.5 Å². The molecule has 4 aliphatic rings. The minimum atomic E-state index is -0.928. The molecule has 3 aromatic heterocycles. The monoisotopic (exact) mass is 680 g/mol. The Morgan fingerprint density at radius 2 is 2.08 bits per heavy atom. The van der Waals surface area contributed by atoms with Crippen LogP contribution in [-0.2, 0) is 11.2 Å². The summed E-state index contributed by atoms with van der Waals surface area (Å²) in [6.07, 6.45) is 8.50. The number of carbonyl (C=O) groups is 1. The van der Waals surface area contributed by atoms with E-state index < -0.39 is 23.1 Å². The molecular formula is C34H39ClF2N8O3. The zero-order valence-electron chi connectivity index (χ0n) is 26.7. The number of H-pyrrole nitrogens is 2. The highest BCUT2D eigenvalue weighted by Gasteiger charge is 2.49. The Balaban J connectivity index is 1.05. The highest BCUT2D eigenvalue weighted by Crippen LogP contribution is 2.41. The van der Waals surface area contributed by atoms with Gasteiger partial charge in [-0.05, 0) is 75.6 Å². The van der Waals surface area contributed by atoms with Crippen LogP contribution in [0.2, 0.25) is 5.02 Å². The van der Waals surface area contributed by atoms with Crippen LogP contribution in [0.25, 0.3) is 33.1 Å². The number of pyridine rings is 1. The highest BCUT2D eigenvalue weighted by atomic mass is 35.5. The fraction of sp³-hybridized carbons (Fsp3) is 0.559. The summed E-state index contributed by atoms with van der Waals surface area (Å²) in [5.41, 5.74) is 0.557. The number of halogens is 3. The third-order valence-corrected chi connectivity index (χ3v) is 11.4. The van der Waals surface area contributed by atoms with Crippen LogP contribution in [-0.4, -0.2) is 97.9 Å². The van der Waals surface area contributed by atoms with Crippen LogP contribution in [0.5, 0.6) is 6.01 Å². The van der Waals surface area contributed by atoms with Gasteiger partial charge in [-0.25, -0.2) is 8.78 Å². The predicted molar refractivity (Wildman–Crippen MR) is 177 cm³/mol. The number of nitrogens with one attached hydrogen (secondary N) is 3. The Labute approximate surface area is 280 Å². The van der Waals surface area contributed by atoms with Crippen molar-refractivity contribution in [1.29, 1.82) is 0 Å². The van der Waals surface area contributed by atoms with Gasteiger partial charge in [0.2, 0.25) is 5.91 Å². The van der Waals surface area contributed by atoms with E-state index in [1.54, 1.807) is 12.3 Å². The second kappa shape index (κ2) is 12.6. The molecular weight excluding hydrogens is 642 g/mol. The SMILES string of the molecule is O=C(CCCCc1c(Cl)cc2[nH]ncc2c1-c1ncc2c(=O)[nH]c(OC[C@@]34CCCN3C[C@H](F)C4)nc2c1F)N1CC[C@H]2CCNC[C@H]21. The normalized spacial score (nSPS) is 25.6. The van der Waals surface area contributed by atoms with Gasteiger partial charge in [0.05, 0.1) is 22.6 Å². The number of amides is 1. The molecule has 4 fully saturated rings. The molecule has 7 heterocycles. The molecule has 0 radical (unpaired) electrons. The van der Waals surface area contributed by atoms with E-state index in [1.165, 1.54) is 6.20 Å². The molecule has 254 valence electrons. The van der Waals surface area contributed by atoms with Crippen molar-refractivity contribution in [3.05, 3.63) is 45.2 Å². The summed E-state index contributed by atoms with van der Waals surface area (Å²) in [5.74, 6) is -0.0131. The van der Waals surface area contributed by atoms with Gasteiger partial charge in [0.15, 0.2) is 5.82 Å². The number of aromatic amines is 2. The zero-order chi connectivity index (χ0) is 33.0. The first-order chi connectivity index (χ1) is 23.3. The summed E-state index contributed by atoms with van der Waals surface area (Å²) >= 11 is 6.81. The number of rotatable bonds is 9. The van der Waals surface area contributed by atoms with E-state index in [2.05, 4.69) is 35.4 Å². The van der Waals surface area contributed by atoms with E-state index >= 15 is 4.39 Å². The third kappa shape index (κ3) is 5.53. The van der Waals surface area contributed by atoms with Crippen LogP contribution in [0.1, 0.15) is 56.9 Å². The van der Waals surface area contributed by atoms with Crippen molar-refractivity contribution < 1.29 is 18.3 Å².